The Kier molecular flexibility index (Phi) is 6.64. The highest BCUT2D eigenvalue weighted by Gasteiger charge is 2.52. The summed E-state index contributed by atoms with van der Waals surface area (Å²) in [5.74, 6) is -0.150. The van der Waals surface area contributed by atoms with Crippen molar-refractivity contribution in [3.8, 4) is 0 Å². The third-order valence-corrected chi connectivity index (χ3v) is 6.77. The topological polar surface area (TPSA) is 68.3 Å². The second-order valence-corrected chi connectivity index (χ2v) is 11.0. The van der Waals surface area contributed by atoms with Crippen LogP contribution in [0.2, 0.25) is 5.02 Å². The molecular formula is C23H34BClN2O5. The molecule has 0 aliphatic carbocycles. The van der Waals surface area contributed by atoms with Crippen LogP contribution < -0.4 is 5.46 Å². The Morgan fingerprint density at radius 2 is 1.78 bits per heavy atom. The Labute approximate surface area is 196 Å². The minimum Gasteiger partial charge on any atom is -0.444 e. The highest BCUT2D eigenvalue weighted by atomic mass is 35.5. The average Bonchev–Trinajstić information content (AvgIpc) is 3.22. The predicted octanol–water partition coefficient (Wildman–Crippen LogP) is 3.72. The molecule has 2 fully saturated rings. The van der Waals surface area contributed by atoms with E-state index in [1.807, 2.05) is 48.5 Å². The third kappa shape index (κ3) is 5.08. The molecule has 0 N–H and O–H groups in total. The second kappa shape index (κ2) is 8.54. The van der Waals surface area contributed by atoms with Gasteiger partial charge >= 0.3 is 13.2 Å². The van der Waals surface area contributed by atoms with Crippen LogP contribution in [0.3, 0.4) is 0 Å². The minimum absolute atomic E-state index is 0.0865. The smallest absolute Gasteiger partial charge is 0.444 e. The summed E-state index contributed by atoms with van der Waals surface area (Å²) in [5, 5.41) is 0.421. The number of nitrogens with zero attached hydrogens (tertiary/aromatic N) is 2. The quantitative estimate of drug-likeness (QED) is 0.638. The van der Waals surface area contributed by atoms with Gasteiger partial charge in [0.1, 0.15) is 5.60 Å². The maximum absolute atomic E-state index is 13.1. The second-order valence-electron chi connectivity index (χ2n) is 10.6. The number of halogens is 1. The van der Waals surface area contributed by atoms with Crippen LogP contribution in [-0.4, -0.2) is 71.9 Å². The Morgan fingerprint density at radius 1 is 1.19 bits per heavy atom. The van der Waals surface area contributed by atoms with Crippen LogP contribution in [0.1, 0.15) is 65.2 Å². The van der Waals surface area contributed by atoms with E-state index in [0.717, 1.165) is 0 Å². The summed E-state index contributed by atoms with van der Waals surface area (Å²) in [6, 6.07) is 5.09. The summed E-state index contributed by atoms with van der Waals surface area (Å²) < 4.78 is 17.6. The lowest BCUT2D eigenvalue weighted by Gasteiger charge is -2.32. The molecule has 1 aromatic rings. The monoisotopic (exact) mass is 464 g/mol. The van der Waals surface area contributed by atoms with Gasteiger partial charge in [0.15, 0.2) is 0 Å². The van der Waals surface area contributed by atoms with Crippen LogP contribution in [-0.2, 0) is 14.0 Å². The molecule has 2 aliphatic rings. The number of carbonyl (C=O) groups is 2. The van der Waals surface area contributed by atoms with Crippen molar-refractivity contribution in [3.63, 3.8) is 0 Å². The van der Waals surface area contributed by atoms with Crippen molar-refractivity contribution in [3.05, 3.63) is 28.8 Å². The zero-order valence-electron chi connectivity index (χ0n) is 20.3. The SMILES string of the molecule is CN(C(=O)c1ccc(B2OC(C)(C)C(C)(C)O2)c(Cl)c1)[C@@H]1CCN(C(=O)OC(C)(C)C)C1. The van der Waals surface area contributed by atoms with Gasteiger partial charge in [-0.05, 0) is 67.0 Å². The number of likely N-dealkylation sites (N-methyl/N-ethyl adjacent to an activating group) is 1. The first-order valence-electron chi connectivity index (χ1n) is 11.0. The first-order chi connectivity index (χ1) is 14.6. The normalized spacial score (nSPS) is 22.2. The average molecular weight is 465 g/mol. The highest BCUT2D eigenvalue weighted by Crippen LogP contribution is 2.37. The molecule has 0 saturated carbocycles. The summed E-state index contributed by atoms with van der Waals surface area (Å²) in [7, 11) is 1.16. The van der Waals surface area contributed by atoms with Gasteiger partial charge in [-0.1, -0.05) is 17.7 Å². The van der Waals surface area contributed by atoms with Crippen molar-refractivity contribution in [2.24, 2.45) is 0 Å². The zero-order valence-corrected chi connectivity index (χ0v) is 21.1. The summed E-state index contributed by atoms with van der Waals surface area (Å²) in [6.07, 6.45) is 0.344. The van der Waals surface area contributed by atoms with Gasteiger partial charge in [0, 0.05) is 36.2 Å². The lowest BCUT2D eigenvalue weighted by atomic mass is 9.78. The van der Waals surface area contributed by atoms with E-state index < -0.39 is 23.9 Å². The van der Waals surface area contributed by atoms with Crippen LogP contribution in [0.15, 0.2) is 18.2 Å². The van der Waals surface area contributed by atoms with Crippen LogP contribution in [0, 0.1) is 0 Å². The van der Waals surface area contributed by atoms with Gasteiger partial charge < -0.3 is 23.8 Å². The molecule has 0 radical (unpaired) electrons. The van der Waals surface area contributed by atoms with E-state index in [-0.39, 0.29) is 18.0 Å². The number of hydrogen-bond donors (Lipinski definition) is 0. The number of likely N-dealkylation sites (tertiary alicyclic amines) is 1. The summed E-state index contributed by atoms with van der Waals surface area (Å²) in [5.41, 5.74) is -0.321. The number of carbonyl (C=O) groups excluding carboxylic acids is 2. The molecule has 1 atom stereocenters. The van der Waals surface area contributed by atoms with Crippen LogP contribution in [0.5, 0.6) is 0 Å². The third-order valence-electron chi connectivity index (χ3n) is 6.44. The van der Waals surface area contributed by atoms with Gasteiger partial charge in [-0.3, -0.25) is 4.79 Å². The number of ether oxygens (including phenoxy) is 1. The van der Waals surface area contributed by atoms with Gasteiger partial charge in [0.05, 0.1) is 17.2 Å². The predicted molar refractivity (Wildman–Crippen MR) is 125 cm³/mol. The van der Waals surface area contributed by atoms with Crippen LogP contribution in [0.4, 0.5) is 4.79 Å². The molecule has 1 aromatic carbocycles. The van der Waals surface area contributed by atoms with E-state index in [9.17, 15) is 9.59 Å². The number of rotatable bonds is 3. The molecule has 176 valence electrons. The zero-order chi connectivity index (χ0) is 24.1. The van der Waals surface area contributed by atoms with Gasteiger partial charge in [-0.25, -0.2) is 4.79 Å². The summed E-state index contributed by atoms with van der Waals surface area (Å²) in [4.78, 5) is 28.7. The van der Waals surface area contributed by atoms with E-state index in [2.05, 4.69) is 0 Å². The van der Waals surface area contributed by atoms with Crippen molar-refractivity contribution in [1.82, 2.24) is 9.80 Å². The van der Waals surface area contributed by atoms with E-state index >= 15 is 0 Å². The molecule has 0 unspecified atom stereocenters. The largest absolute Gasteiger partial charge is 0.496 e. The van der Waals surface area contributed by atoms with Crippen molar-refractivity contribution in [2.75, 3.05) is 20.1 Å². The minimum atomic E-state index is -0.591. The lowest BCUT2D eigenvalue weighted by Crippen LogP contribution is -2.41. The fourth-order valence-electron chi connectivity index (χ4n) is 3.74. The van der Waals surface area contributed by atoms with Crippen LogP contribution >= 0.6 is 11.6 Å². The lowest BCUT2D eigenvalue weighted by molar-refractivity contribution is 0.00578. The molecule has 2 saturated heterocycles. The molecule has 0 bridgehead atoms. The van der Waals surface area contributed by atoms with Crippen molar-refractivity contribution < 1.29 is 23.6 Å². The maximum Gasteiger partial charge on any atom is 0.496 e. The molecule has 32 heavy (non-hydrogen) atoms. The van der Waals surface area contributed by atoms with Gasteiger partial charge in [0.2, 0.25) is 0 Å². The Balaban J connectivity index is 1.67. The first-order valence-corrected chi connectivity index (χ1v) is 11.4. The Bertz CT molecular complexity index is 883. The Hall–Kier alpha value is -1.77. The summed E-state index contributed by atoms with van der Waals surface area (Å²) in [6.45, 7) is 14.4. The molecular weight excluding hydrogens is 431 g/mol. The van der Waals surface area contributed by atoms with Gasteiger partial charge in [-0.15, -0.1) is 0 Å². The van der Waals surface area contributed by atoms with E-state index in [4.69, 9.17) is 25.6 Å². The number of benzene rings is 1. The molecule has 2 heterocycles. The molecule has 7 nitrogen and oxygen atoms in total. The van der Waals surface area contributed by atoms with E-state index in [1.165, 1.54) is 0 Å². The molecule has 9 heteroatoms. The molecule has 0 spiro atoms. The Morgan fingerprint density at radius 3 is 2.31 bits per heavy atom. The number of amides is 2. The van der Waals surface area contributed by atoms with Crippen molar-refractivity contribution in [1.29, 1.82) is 0 Å². The standard InChI is InChI=1S/C23H34BClN2O5/c1-21(2,3)30-20(29)27-12-11-16(14-27)26(8)19(28)15-9-10-17(18(25)13-15)24-31-22(4,5)23(6,7)32-24/h9-10,13,16H,11-12,14H2,1-8H3/t16-/m1/s1. The van der Waals surface area contributed by atoms with Crippen molar-refractivity contribution >= 4 is 36.2 Å². The maximum atomic E-state index is 13.1. The molecule has 2 aliphatic heterocycles. The first kappa shape index (κ1) is 24.9. The van der Waals surface area contributed by atoms with Gasteiger partial charge in [-0.2, -0.15) is 0 Å². The number of hydrogen-bond acceptors (Lipinski definition) is 5. The molecule has 0 aromatic heterocycles. The van der Waals surface area contributed by atoms with Crippen molar-refractivity contribution in [2.45, 2.75) is 77.7 Å². The molecule has 3 rings (SSSR count). The van der Waals surface area contributed by atoms with Crippen LogP contribution in [0.25, 0.3) is 0 Å². The summed E-state index contributed by atoms with van der Waals surface area (Å²) >= 11 is 6.53. The molecule has 2 amide bonds. The fourth-order valence-corrected chi connectivity index (χ4v) is 4.01. The fraction of sp³-hybridized carbons (Fsp3) is 0.652. The highest BCUT2D eigenvalue weighted by molar-refractivity contribution is 6.65. The van der Waals surface area contributed by atoms with E-state index in [1.54, 1.807) is 35.0 Å². The van der Waals surface area contributed by atoms with E-state index in [0.29, 0.717) is 35.6 Å². The van der Waals surface area contributed by atoms with Gasteiger partial charge in [0.25, 0.3) is 5.91 Å².